The highest BCUT2D eigenvalue weighted by molar-refractivity contribution is 5.75. The zero-order valence-electron chi connectivity index (χ0n) is 8.48. The van der Waals surface area contributed by atoms with Gasteiger partial charge in [0.2, 0.25) is 0 Å². The van der Waals surface area contributed by atoms with E-state index < -0.39 is 0 Å². The third kappa shape index (κ3) is 1.33. The van der Waals surface area contributed by atoms with Gasteiger partial charge in [-0.05, 0) is 36.7 Å². The lowest BCUT2D eigenvalue weighted by Crippen LogP contribution is -2.28. The van der Waals surface area contributed by atoms with Crippen LogP contribution in [0.4, 0.5) is 0 Å². The summed E-state index contributed by atoms with van der Waals surface area (Å²) in [7, 11) is 0. The maximum Gasteiger partial charge on any atom is 0.145 e. The highest BCUT2D eigenvalue weighted by Gasteiger charge is 2.32. The highest BCUT2D eigenvalue weighted by atomic mass is 16.1. The molecular weight excluding hydrogens is 148 g/mol. The van der Waals surface area contributed by atoms with Gasteiger partial charge in [0, 0.05) is 0 Å². The van der Waals surface area contributed by atoms with Crippen molar-refractivity contribution >= 4 is 6.29 Å². The molecule has 1 unspecified atom stereocenters. The van der Waals surface area contributed by atoms with Crippen molar-refractivity contribution in [3.63, 3.8) is 0 Å². The summed E-state index contributed by atoms with van der Waals surface area (Å²) in [6, 6.07) is 0. The second-order valence-electron chi connectivity index (χ2n) is 4.43. The molecular formula is C11H18O. The largest absolute Gasteiger partial charge is 0.298 e. The molecule has 0 saturated carbocycles. The van der Waals surface area contributed by atoms with Crippen LogP contribution in [0.3, 0.4) is 0 Å². The van der Waals surface area contributed by atoms with E-state index in [2.05, 4.69) is 27.7 Å². The molecule has 0 radical (unpaired) electrons. The molecule has 0 aliphatic heterocycles. The first-order chi connectivity index (χ1) is 5.50. The van der Waals surface area contributed by atoms with Gasteiger partial charge in [-0.2, -0.15) is 0 Å². The van der Waals surface area contributed by atoms with Gasteiger partial charge in [-0.1, -0.05) is 26.3 Å². The van der Waals surface area contributed by atoms with Gasteiger partial charge in [0.25, 0.3) is 0 Å². The molecule has 0 fully saturated rings. The van der Waals surface area contributed by atoms with Gasteiger partial charge in [0.1, 0.15) is 6.29 Å². The molecule has 0 heterocycles. The van der Waals surface area contributed by atoms with Crippen molar-refractivity contribution in [1.29, 1.82) is 0 Å². The molecule has 0 aromatic carbocycles. The molecule has 1 nitrogen and oxygen atoms in total. The first-order valence-corrected chi connectivity index (χ1v) is 4.65. The molecule has 1 aliphatic rings. The Morgan fingerprint density at radius 3 is 2.58 bits per heavy atom. The maximum atomic E-state index is 10.7. The Bertz CT molecular complexity index is 223. The molecule has 0 amide bonds. The van der Waals surface area contributed by atoms with Crippen molar-refractivity contribution < 1.29 is 4.79 Å². The Morgan fingerprint density at radius 2 is 2.08 bits per heavy atom. The first-order valence-electron chi connectivity index (χ1n) is 4.65. The fraction of sp³-hybridized carbons (Fsp3) is 0.727. The lowest BCUT2D eigenvalue weighted by atomic mass is 9.67. The zero-order valence-corrected chi connectivity index (χ0v) is 8.48. The summed E-state index contributed by atoms with van der Waals surface area (Å²) < 4.78 is 0. The van der Waals surface area contributed by atoms with E-state index in [-0.39, 0.29) is 5.41 Å². The number of hydrogen-bond donors (Lipinski definition) is 0. The zero-order chi connectivity index (χ0) is 9.35. The van der Waals surface area contributed by atoms with E-state index in [1.165, 1.54) is 5.57 Å². The molecule has 1 aliphatic carbocycles. The minimum Gasteiger partial charge on any atom is -0.298 e. The number of carbonyl (C=O) groups excluding carboxylic acids is 1. The normalized spacial score (nSPS) is 28.8. The molecule has 0 aromatic heterocycles. The number of aldehydes is 1. The molecule has 1 atom stereocenters. The standard InChI is InChI=1S/C11H18O/c1-8-5-6-10(7-12)9(2)11(8,3)4/h7-8H,5-6H2,1-4H3. The second-order valence-corrected chi connectivity index (χ2v) is 4.43. The van der Waals surface area contributed by atoms with Crippen LogP contribution in [0.1, 0.15) is 40.5 Å². The van der Waals surface area contributed by atoms with Crippen LogP contribution < -0.4 is 0 Å². The number of rotatable bonds is 1. The minimum atomic E-state index is 0.217. The van der Waals surface area contributed by atoms with Crippen LogP contribution >= 0.6 is 0 Å². The quantitative estimate of drug-likeness (QED) is 0.547. The molecule has 0 aromatic rings. The summed E-state index contributed by atoms with van der Waals surface area (Å²) in [5, 5.41) is 0. The molecule has 1 heteroatoms. The van der Waals surface area contributed by atoms with Crippen LogP contribution in [0.5, 0.6) is 0 Å². The van der Waals surface area contributed by atoms with Gasteiger partial charge in [-0.15, -0.1) is 0 Å². The predicted molar refractivity (Wildman–Crippen MR) is 50.9 cm³/mol. The molecule has 0 spiro atoms. The smallest absolute Gasteiger partial charge is 0.145 e. The summed E-state index contributed by atoms with van der Waals surface area (Å²) in [6.45, 7) is 8.83. The Balaban J connectivity index is 3.05. The van der Waals surface area contributed by atoms with Crippen LogP contribution in [-0.2, 0) is 4.79 Å². The lowest BCUT2D eigenvalue weighted by Gasteiger charge is -2.38. The number of hydrogen-bond acceptors (Lipinski definition) is 1. The summed E-state index contributed by atoms with van der Waals surface area (Å²) in [5.41, 5.74) is 2.53. The minimum absolute atomic E-state index is 0.217. The van der Waals surface area contributed by atoms with Crippen LogP contribution in [0.15, 0.2) is 11.1 Å². The van der Waals surface area contributed by atoms with Crippen molar-refractivity contribution in [3.8, 4) is 0 Å². The summed E-state index contributed by atoms with van der Waals surface area (Å²) >= 11 is 0. The Hall–Kier alpha value is -0.590. The van der Waals surface area contributed by atoms with Gasteiger partial charge < -0.3 is 0 Å². The van der Waals surface area contributed by atoms with Gasteiger partial charge in [-0.3, -0.25) is 4.79 Å². The van der Waals surface area contributed by atoms with Crippen LogP contribution in [-0.4, -0.2) is 6.29 Å². The van der Waals surface area contributed by atoms with Gasteiger partial charge >= 0.3 is 0 Å². The third-order valence-electron chi connectivity index (χ3n) is 3.67. The topological polar surface area (TPSA) is 17.1 Å². The van der Waals surface area contributed by atoms with Crippen LogP contribution in [0.2, 0.25) is 0 Å². The maximum absolute atomic E-state index is 10.7. The fourth-order valence-electron chi connectivity index (χ4n) is 1.85. The summed E-state index contributed by atoms with van der Waals surface area (Å²) in [5.74, 6) is 0.696. The van der Waals surface area contributed by atoms with Crippen LogP contribution in [0.25, 0.3) is 0 Å². The van der Waals surface area contributed by atoms with E-state index in [1.807, 2.05) is 0 Å². The molecule has 0 saturated heterocycles. The second kappa shape index (κ2) is 3.04. The fourth-order valence-corrected chi connectivity index (χ4v) is 1.85. The van der Waals surface area contributed by atoms with Crippen molar-refractivity contribution in [2.24, 2.45) is 11.3 Å². The number of allylic oxidation sites excluding steroid dienone is 2. The Kier molecular flexibility index (Phi) is 2.41. The van der Waals surface area contributed by atoms with Crippen molar-refractivity contribution in [2.45, 2.75) is 40.5 Å². The average molecular weight is 166 g/mol. The van der Waals surface area contributed by atoms with E-state index in [9.17, 15) is 4.79 Å². The van der Waals surface area contributed by atoms with E-state index in [4.69, 9.17) is 0 Å². The monoisotopic (exact) mass is 166 g/mol. The molecule has 0 bridgehead atoms. The van der Waals surface area contributed by atoms with E-state index >= 15 is 0 Å². The van der Waals surface area contributed by atoms with Gasteiger partial charge in [0.15, 0.2) is 0 Å². The van der Waals surface area contributed by atoms with Crippen LogP contribution in [0, 0.1) is 11.3 Å². The van der Waals surface area contributed by atoms with E-state index in [0.29, 0.717) is 5.92 Å². The first kappa shape index (κ1) is 9.50. The van der Waals surface area contributed by atoms with E-state index in [0.717, 1.165) is 24.7 Å². The van der Waals surface area contributed by atoms with Gasteiger partial charge in [-0.25, -0.2) is 0 Å². The molecule has 1 rings (SSSR count). The Morgan fingerprint density at radius 1 is 1.50 bits per heavy atom. The Labute approximate surface area is 74.9 Å². The number of carbonyl (C=O) groups is 1. The van der Waals surface area contributed by atoms with Crippen molar-refractivity contribution in [2.75, 3.05) is 0 Å². The highest BCUT2D eigenvalue weighted by Crippen LogP contribution is 2.43. The van der Waals surface area contributed by atoms with Crippen molar-refractivity contribution in [3.05, 3.63) is 11.1 Å². The molecule has 12 heavy (non-hydrogen) atoms. The molecule has 0 N–H and O–H groups in total. The van der Waals surface area contributed by atoms with Crippen molar-refractivity contribution in [1.82, 2.24) is 0 Å². The summed E-state index contributed by atoms with van der Waals surface area (Å²) in [4.78, 5) is 10.7. The SMILES string of the molecule is CC1=C(C=O)CCC(C)C1(C)C. The molecule has 68 valence electrons. The van der Waals surface area contributed by atoms with Gasteiger partial charge in [0.05, 0.1) is 0 Å². The summed E-state index contributed by atoms with van der Waals surface area (Å²) in [6.07, 6.45) is 3.15. The lowest BCUT2D eigenvalue weighted by molar-refractivity contribution is -0.105. The van der Waals surface area contributed by atoms with E-state index in [1.54, 1.807) is 0 Å². The average Bonchev–Trinajstić information content (AvgIpc) is 2.02. The third-order valence-corrected chi connectivity index (χ3v) is 3.67. The predicted octanol–water partition coefficient (Wildman–Crippen LogP) is 2.96.